The zero-order chi connectivity index (χ0) is 19.9. The van der Waals surface area contributed by atoms with Crippen molar-refractivity contribution in [3.05, 3.63) is 30.3 Å². The third kappa shape index (κ3) is 7.55. The van der Waals surface area contributed by atoms with Crippen molar-refractivity contribution in [3.63, 3.8) is 0 Å². The van der Waals surface area contributed by atoms with Gasteiger partial charge in [-0.3, -0.25) is 4.79 Å². The van der Waals surface area contributed by atoms with E-state index in [2.05, 4.69) is 10.6 Å². The number of nitrogens with zero attached hydrogens (tertiary/aromatic N) is 1. The van der Waals surface area contributed by atoms with Gasteiger partial charge in [0.15, 0.2) is 0 Å². The summed E-state index contributed by atoms with van der Waals surface area (Å²) >= 11 is 0. The third-order valence-electron chi connectivity index (χ3n) is 3.86. The molecule has 1 aromatic carbocycles. The summed E-state index contributed by atoms with van der Waals surface area (Å²) in [5.41, 5.74) is -0.609. The number of ether oxygens (including phenoxy) is 2. The number of carbonyl (C=O) groups is 3. The lowest BCUT2D eigenvalue weighted by Crippen LogP contribution is -2.49. The number of para-hydroxylation sites is 1. The van der Waals surface area contributed by atoms with Crippen LogP contribution in [0.5, 0.6) is 5.75 Å². The number of benzene rings is 1. The fourth-order valence-electron chi connectivity index (χ4n) is 2.61. The molecule has 0 saturated carbocycles. The van der Waals surface area contributed by atoms with Crippen molar-refractivity contribution in [2.24, 2.45) is 0 Å². The normalized spacial score (nSPS) is 15.0. The maximum Gasteiger partial charge on any atom is 0.415 e. The maximum absolute atomic E-state index is 12.1. The predicted octanol–water partition coefficient (Wildman–Crippen LogP) is 2.29. The van der Waals surface area contributed by atoms with E-state index in [1.54, 1.807) is 49.9 Å². The van der Waals surface area contributed by atoms with Crippen LogP contribution in [0.25, 0.3) is 0 Å². The van der Waals surface area contributed by atoms with Crippen LogP contribution in [0.15, 0.2) is 30.3 Å². The van der Waals surface area contributed by atoms with Crippen molar-refractivity contribution in [1.82, 2.24) is 15.5 Å². The van der Waals surface area contributed by atoms with E-state index >= 15 is 0 Å². The van der Waals surface area contributed by atoms with Crippen LogP contribution >= 0.6 is 0 Å². The lowest BCUT2D eigenvalue weighted by atomic mass is 10.1. The summed E-state index contributed by atoms with van der Waals surface area (Å²) in [5.74, 6) is 0.220. The Balaban J connectivity index is 1.67. The Morgan fingerprint density at radius 2 is 1.74 bits per heavy atom. The van der Waals surface area contributed by atoms with Crippen molar-refractivity contribution in [3.8, 4) is 5.75 Å². The van der Waals surface area contributed by atoms with Gasteiger partial charge in [0.2, 0.25) is 5.91 Å². The summed E-state index contributed by atoms with van der Waals surface area (Å²) in [6, 6.07) is 8.86. The highest BCUT2D eigenvalue weighted by molar-refractivity contribution is 5.82. The molecule has 1 fully saturated rings. The number of nitrogens with one attached hydrogen (secondary N) is 2. The van der Waals surface area contributed by atoms with E-state index in [1.165, 1.54) is 0 Å². The molecule has 2 rings (SSSR count). The van der Waals surface area contributed by atoms with Gasteiger partial charge in [0.1, 0.15) is 17.9 Å². The summed E-state index contributed by atoms with van der Waals surface area (Å²) in [7, 11) is 0. The first kappa shape index (κ1) is 20.5. The highest BCUT2D eigenvalue weighted by Crippen LogP contribution is 2.15. The van der Waals surface area contributed by atoms with Crippen LogP contribution in [0.1, 0.15) is 33.6 Å². The fourth-order valence-corrected chi connectivity index (χ4v) is 2.61. The van der Waals surface area contributed by atoms with E-state index in [-0.39, 0.29) is 18.5 Å². The molecular weight excluding hydrogens is 350 g/mol. The average molecular weight is 377 g/mol. The van der Waals surface area contributed by atoms with Crippen LogP contribution in [0.4, 0.5) is 9.59 Å². The van der Waals surface area contributed by atoms with Gasteiger partial charge in [-0.1, -0.05) is 18.2 Å². The summed E-state index contributed by atoms with van der Waals surface area (Å²) in [6.45, 7) is 6.10. The highest BCUT2D eigenvalue weighted by Gasteiger charge is 2.25. The van der Waals surface area contributed by atoms with E-state index in [1.807, 2.05) is 6.07 Å². The molecule has 148 valence electrons. The third-order valence-corrected chi connectivity index (χ3v) is 3.86. The number of hydrogen-bond donors (Lipinski definition) is 2. The molecule has 0 spiro atoms. The smallest absolute Gasteiger partial charge is 0.415 e. The second-order valence-corrected chi connectivity index (χ2v) is 7.37. The molecule has 1 saturated heterocycles. The molecule has 8 heteroatoms. The number of rotatable bonds is 4. The second-order valence-electron chi connectivity index (χ2n) is 7.37. The van der Waals surface area contributed by atoms with E-state index < -0.39 is 17.8 Å². The maximum atomic E-state index is 12.1. The summed E-state index contributed by atoms with van der Waals surface area (Å²) < 4.78 is 10.4. The molecule has 0 aromatic heterocycles. The number of carbonyl (C=O) groups excluding carboxylic acids is 3. The molecule has 0 radical (unpaired) electrons. The minimum absolute atomic E-state index is 0.0429. The molecule has 0 aliphatic carbocycles. The van der Waals surface area contributed by atoms with E-state index in [9.17, 15) is 14.4 Å². The Hall–Kier alpha value is -2.77. The second kappa shape index (κ2) is 9.25. The van der Waals surface area contributed by atoms with Gasteiger partial charge in [0, 0.05) is 19.1 Å². The summed E-state index contributed by atoms with van der Waals surface area (Å²) in [6.07, 6.45) is 0.234. The molecule has 1 aliphatic rings. The van der Waals surface area contributed by atoms with Crippen molar-refractivity contribution < 1.29 is 23.9 Å². The summed E-state index contributed by atoms with van der Waals surface area (Å²) in [4.78, 5) is 37.3. The van der Waals surface area contributed by atoms with Gasteiger partial charge in [-0.15, -0.1) is 0 Å². The first-order valence-electron chi connectivity index (χ1n) is 9.01. The fraction of sp³-hybridized carbons (Fsp3) is 0.526. The highest BCUT2D eigenvalue weighted by atomic mass is 16.6. The molecule has 3 amide bonds. The molecule has 8 nitrogen and oxygen atoms in total. The van der Waals surface area contributed by atoms with Crippen LogP contribution in [0, 0.1) is 0 Å². The standard InChI is InChI=1S/C19H27N3O5/c1-19(2,3)27-17(24)20-13-16(23)21-14-9-11-22(12-10-14)18(25)26-15-7-5-4-6-8-15/h4-8,14H,9-13H2,1-3H3,(H,20,24)(H,21,23). The van der Waals surface area contributed by atoms with Gasteiger partial charge >= 0.3 is 12.2 Å². The van der Waals surface area contributed by atoms with Gasteiger partial charge in [-0.05, 0) is 45.7 Å². The molecule has 1 aromatic rings. The van der Waals surface area contributed by atoms with Gasteiger partial charge in [0.25, 0.3) is 0 Å². The Labute approximate surface area is 159 Å². The SMILES string of the molecule is CC(C)(C)OC(=O)NCC(=O)NC1CCN(C(=O)Oc2ccccc2)CC1. The Bertz CT molecular complexity index is 649. The molecule has 1 aliphatic heterocycles. The van der Waals surface area contributed by atoms with Gasteiger partial charge in [0.05, 0.1) is 0 Å². The predicted molar refractivity (Wildman–Crippen MR) is 99.4 cm³/mol. The Morgan fingerprint density at radius 1 is 1.11 bits per heavy atom. The zero-order valence-corrected chi connectivity index (χ0v) is 16.0. The lowest BCUT2D eigenvalue weighted by molar-refractivity contribution is -0.121. The van der Waals surface area contributed by atoms with Gasteiger partial charge < -0.3 is 25.0 Å². The van der Waals surface area contributed by atoms with Gasteiger partial charge in [-0.25, -0.2) is 9.59 Å². The van der Waals surface area contributed by atoms with E-state index in [0.717, 1.165) is 0 Å². The summed E-state index contributed by atoms with van der Waals surface area (Å²) in [5, 5.41) is 5.28. The lowest BCUT2D eigenvalue weighted by Gasteiger charge is -2.31. The van der Waals surface area contributed by atoms with Crippen LogP contribution < -0.4 is 15.4 Å². The van der Waals surface area contributed by atoms with Crippen LogP contribution in [-0.4, -0.2) is 54.3 Å². The number of alkyl carbamates (subject to hydrolysis) is 1. The van der Waals surface area contributed by atoms with E-state index in [0.29, 0.717) is 31.7 Å². The minimum Gasteiger partial charge on any atom is -0.444 e. The van der Waals surface area contributed by atoms with Crippen molar-refractivity contribution in [2.45, 2.75) is 45.3 Å². The molecular formula is C19H27N3O5. The molecule has 1 heterocycles. The van der Waals surface area contributed by atoms with Crippen molar-refractivity contribution >= 4 is 18.1 Å². The van der Waals surface area contributed by atoms with Crippen molar-refractivity contribution in [1.29, 1.82) is 0 Å². The first-order valence-corrected chi connectivity index (χ1v) is 9.01. The number of amides is 3. The number of likely N-dealkylation sites (tertiary alicyclic amines) is 1. The zero-order valence-electron chi connectivity index (χ0n) is 16.0. The minimum atomic E-state index is -0.629. The molecule has 2 N–H and O–H groups in total. The number of piperidine rings is 1. The van der Waals surface area contributed by atoms with Crippen molar-refractivity contribution in [2.75, 3.05) is 19.6 Å². The van der Waals surface area contributed by atoms with Crippen LogP contribution in [0.2, 0.25) is 0 Å². The Morgan fingerprint density at radius 3 is 2.33 bits per heavy atom. The average Bonchev–Trinajstić information content (AvgIpc) is 2.60. The molecule has 0 atom stereocenters. The first-order chi connectivity index (χ1) is 12.7. The molecule has 0 bridgehead atoms. The van der Waals surface area contributed by atoms with Crippen LogP contribution in [0.3, 0.4) is 0 Å². The van der Waals surface area contributed by atoms with E-state index in [4.69, 9.17) is 9.47 Å². The van der Waals surface area contributed by atoms with Crippen LogP contribution in [-0.2, 0) is 9.53 Å². The molecule has 27 heavy (non-hydrogen) atoms. The molecule has 0 unspecified atom stereocenters. The Kier molecular flexibility index (Phi) is 7.04. The number of hydrogen-bond acceptors (Lipinski definition) is 5. The monoisotopic (exact) mass is 377 g/mol. The quantitative estimate of drug-likeness (QED) is 0.839. The largest absolute Gasteiger partial charge is 0.444 e. The van der Waals surface area contributed by atoms with Gasteiger partial charge in [-0.2, -0.15) is 0 Å². The topological polar surface area (TPSA) is 97.0 Å².